The van der Waals surface area contributed by atoms with Crippen molar-refractivity contribution in [1.82, 2.24) is 0 Å². The van der Waals surface area contributed by atoms with Crippen molar-refractivity contribution in [3.8, 4) is 0 Å². The van der Waals surface area contributed by atoms with Crippen LogP contribution in [0.2, 0.25) is 0 Å². The van der Waals surface area contributed by atoms with Crippen molar-refractivity contribution >= 4 is 37.1 Å². The van der Waals surface area contributed by atoms with E-state index in [1.807, 2.05) is 0 Å². The second-order valence-corrected chi connectivity index (χ2v) is 13.7. The van der Waals surface area contributed by atoms with E-state index in [1.165, 1.54) is 34.1 Å². The van der Waals surface area contributed by atoms with Crippen molar-refractivity contribution in [2.45, 2.75) is 38.0 Å². The zero-order valence-electron chi connectivity index (χ0n) is 19.0. The maximum absolute atomic E-state index is 2.46. The van der Waals surface area contributed by atoms with E-state index in [2.05, 4.69) is 135 Å². The Bertz CT molecular complexity index is 881. The van der Waals surface area contributed by atoms with Crippen LogP contribution in [0.15, 0.2) is 121 Å². The Balaban J connectivity index is 1.55. The van der Waals surface area contributed by atoms with Crippen LogP contribution in [-0.4, -0.2) is 11.3 Å². The molecule has 0 aliphatic carbocycles. The van der Waals surface area contributed by atoms with Gasteiger partial charge in [0.05, 0.1) is 0 Å². The van der Waals surface area contributed by atoms with Crippen LogP contribution in [0, 0.1) is 0 Å². The third-order valence-electron chi connectivity index (χ3n) is 6.02. The van der Waals surface area contributed by atoms with Gasteiger partial charge in [-0.15, -0.1) is 0 Å². The Hall–Kier alpha value is -2.26. The fourth-order valence-electron chi connectivity index (χ4n) is 4.41. The molecular weight excluding hydrogens is 422 g/mol. The summed E-state index contributed by atoms with van der Waals surface area (Å²) in [5, 5.41) is 5.95. The Labute approximate surface area is 196 Å². The molecule has 162 valence electrons. The van der Waals surface area contributed by atoms with Gasteiger partial charge in [-0.1, -0.05) is 135 Å². The lowest BCUT2D eigenvalue weighted by Gasteiger charge is -2.30. The monoisotopic (exact) mass is 454 g/mol. The molecule has 0 N–H and O–H groups in total. The lowest BCUT2D eigenvalue weighted by molar-refractivity contribution is 0.718. The molecule has 0 fully saturated rings. The maximum atomic E-state index is 2.46. The predicted octanol–water partition coefficient (Wildman–Crippen LogP) is 6.81. The Kier molecular flexibility index (Phi) is 8.28. The number of hydrogen-bond acceptors (Lipinski definition) is 0. The van der Waals surface area contributed by atoms with Gasteiger partial charge < -0.3 is 0 Å². The average molecular weight is 455 g/mol. The van der Waals surface area contributed by atoms with Crippen LogP contribution in [0.4, 0.5) is 0 Å². The van der Waals surface area contributed by atoms with E-state index in [-0.39, 0.29) is 15.8 Å². The van der Waals surface area contributed by atoms with E-state index in [1.54, 1.807) is 0 Å². The molecule has 2 heteroatoms. The van der Waals surface area contributed by atoms with E-state index in [4.69, 9.17) is 0 Å². The second kappa shape index (κ2) is 11.6. The molecule has 0 heterocycles. The summed E-state index contributed by atoms with van der Waals surface area (Å²) < 4.78 is 0. The van der Waals surface area contributed by atoms with Crippen LogP contribution in [0.5, 0.6) is 0 Å². The highest BCUT2D eigenvalue weighted by Gasteiger charge is 2.25. The zero-order chi connectivity index (χ0) is 22.2. The molecule has 0 amide bonds. The summed E-state index contributed by atoms with van der Waals surface area (Å²) in [4.78, 5) is 0. The van der Waals surface area contributed by atoms with Gasteiger partial charge in [0.2, 0.25) is 0 Å². The fourth-order valence-corrected chi connectivity index (χ4v) is 9.83. The summed E-state index contributed by atoms with van der Waals surface area (Å²) in [7, 11) is -0.727. The molecule has 0 saturated heterocycles. The highest BCUT2D eigenvalue weighted by molar-refractivity contribution is 7.74. The number of benzene rings is 4. The molecule has 0 spiro atoms. The molecular formula is C30H32P2. The SMILES string of the molecule is C[C@H](CC[C@@H](C)P(c1ccccc1)c1ccccc1)P(c1ccccc1)c1ccccc1. The minimum Gasteiger partial charge on any atom is -0.0622 e. The van der Waals surface area contributed by atoms with Crippen molar-refractivity contribution in [2.24, 2.45) is 0 Å². The van der Waals surface area contributed by atoms with Gasteiger partial charge in [-0.3, -0.25) is 0 Å². The van der Waals surface area contributed by atoms with Crippen molar-refractivity contribution in [3.63, 3.8) is 0 Å². The van der Waals surface area contributed by atoms with E-state index >= 15 is 0 Å². The molecule has 4 rings (SSSR count). The standard InChI is InChI=1S/C30H32P2/c1-25(31(27-15-7-3-8-16-27)28-17-9-4-10-18-28)23-24-26(2)32(29-19-11-5-12-20-29)30-21-13-6-14-22-30/h3-22,25-26H,23-24H2,1-2H3/t25-,26-/m1/s1. The highest BCUT2D eigenvalue weighted by atomic mass is 31.1. The molecule has 0 aromatic heterocycles. The van der Waals surface area contributed by atoms with Gasteiger partial charge >= 0.3 is 0 Å². The van der Waals surface area contributed by atoms with Crippen molar-refractivity contribution in [3.05, 3.63) is 121 Å². The van der Waals surface area contributed by atoms with Crippen molar-refractivity contribution < 1.29 is 0 Å². The molecule has 4 aromatic carbocycles. The van der Waals surface area contributed by atoms with Crippen LogP contribution in [0.25, 0.3) is 0 Å². The van der Waals surface area contributed by atoms with E-state index < -0.39 is 0 Å². The van der Waals surface area contributed by atoms with Crippen molar-refractivity contribution in [2.75, 3.05) is 0 Å². The first-order valence-corrected chi connectivity index (χ1v) is 14.3. The molecule has 2 atom stereocenters. The molecule has 0 saturated carbocycles. The lowest BCUT2D eigenvalue weighted by Crippen LogP contribution is -2.23. The lowest BCUT2D eigenvalue weighted by atomic mass is 10.2. The summed E-state index contributed by atoms with van der Waals surface area (Å²) in [6, 6.07) is 44.6. The number of hydrogen-bond donors (Lipinski definition) is 0. The van der Waals surface area contributed by atoms with Gasteiger partial charge in [0, 0.05) is 0 Å². The average Bonchev–Trinajstić information content (AvgIpc) is 2.86. The number of rotatable bonds is 9. The van der Waals surface area contributed by atoms with Gasteiger partial charge in [-0.25, -0.2) is 0 Å². The smallest absolute Gasteiger partial charge is 0.0157 e. The molecule has 0 nitrogen and oxygen atoms in total. The molecule has 4 aromatic rings. The first-order valence-electron chi connectivity index (χ1n) is 11.5. The van der Waals surface area contributed by atoms with Gasteiger partial charge in [0.15, 0.2) is 0 Å². The van der Waals surface area contributed by atoms with Crippen LogP contribution < -0.4 is 21.2 Å². The summed E-state index contributed by atoms with van der Waals surface area (Å²) in [6.07, 6.45) is 2.49. The first kappa shape index (κ1) is 22.9. The van der Waals surface area contributed by atoms with Gasteiger partial charge in [0.25, 0.3) is 0 Å². The summed E-state index contributed by atoms with van der Waals surface area (Å²) in [5.41, 5.74) is 1.28. The van der Waals surface area contributed by atoms with Gasteiger partial charge in [-0.05, 0) is 61.2 Å². The van der Waals surface area contributed by atoms with E-state index in [9.17, 15) is 0 Å². The molecule has 0 aliphatic heterocycles. The molecule has 0 bridgehead atoms. The third-order valence-corrected chi connectivity index (χ3v) is 11.7. The van der Waals surface area contributed by atoms with E-state index in [0.29, 0.717) is 11.3 Å². The Morgan fingerprint density at radius 1 is 0.406 bits per heavy atom. The van der Waals surface area contributed by atoms with E-state index in [0.717, 1.165) is 0 Å². The quantitative estimate of drug-likeness (QED) is 0.244. The molecule has 0 unspecified atom stereocenters. The second-order valence-electron chi connectivity index (χ2n) is 8.36. The minimum absolute atomic E-state index is 0.363. The highest BCUT2D eigenvalue weighted by Crippen LogP contribution is 2.45. The van der Waals surface area contributed by atoms with Crippen molar-refractivity contribution in [1.29, 1.82) is 0 Å². The first-order chi connectivity index (χ1) is 15.7. The summed E-state index contributed by atoms with van der Waals surface area (Å²) >= 11 is 0. The van der Waals surface area contributed by atoms with Gasteiger partial charge in [0.1, 0.15) is 0 Å². The van der Waals surface area contributed by atoms with Crippen LogP contribution in [-0.2, 0) is 0 Å². The van der Waals surface area contributed by atoms with Crippen LogP contribution in [0.1, 0.15) is 26.7 Å². The largest absolute Gasteiger partial charge is 0.0622 e. The van der Waals surface area contributed by atoms with Crippen LogP contribution in [0.3, 0.4) is 0 Å². The summed E-state index contributed by atoms with van der Waals surface area (Å²) in [6.45, 7) is 4.93. The minimum atomic E-state index is -0.363. The zero-order valence-corrected chi connectivity index (χ0v) is 20.8. The molecule has 0 aliphatic rings. The third kappa shape index (κ3) is 5.75. The Morgan fingerprint density at radius 2 is 0.625 bits per heavy atom. The topological polar surface area (TPSA) is 0 Å². The fraction of sp³-hybridized carbons (Fsp3) is 0.200. The van der Waals surface area contributed by atoms with Gasteiger partial charge in [-0.2, -0.15) is 0 Å². The predicted molar refractivity (Wildman–Crippen MR) is 146 cm³/mol. The molecule has 0 radical (unpaired) electrons. The molecule has 32 heavy (non-hydrogen) atoms. The Morgan fingerprint density at radius 3 is 0.844 bits per heavy atom. The van der Waals surface area contributed by atoms with Crippen LogP contribution >= 0.6 is 15.8 Å². The maximum Gasteiger partial charge on any atom is -0.0157 e. The summed E-state index contributed by atoms with van der Waals surface area (Å²) in [5.74, 6) is 0. The normalized spacial score (nSPS) is 13.2.